The van der Waals surface area contributed by atoms with E-state index in [1.165, 1.54) is 6.26 Å². The first kappa shape index (κ1) is 19.4. The minimum atomic E-state index is -3.32. The van der Waals surface area contributed by atoms with Crippen molar-refractivity contribution in [2.75, 3.05) is 36.6 Å². The highest BCUT2D eigenvalue weighted by atomic mass is 35.5. The monoisotopic (exact) mass is 423 g/mol. The van der Waals surface area contributed by atoms with Crippen LogP contribution in [0.3, 0.4) is 0 Å². The lowest BCUT2D eigenvalue weighted by Crippen LogP contribution is -2.44. The lowest BCUT2D eigenvalue weighted by atomic mass is 10.1. The lowest BCUT2D eigenvalue weighted by Gasteiger charge is -2.34. The molecule has 1 atom stereocenters. The second kappa shape index (κ2) is 6.82. The number of nitrogens with two attached hydrogens (primary N) is 1. The van der Waals surface area contributed by atoms with Gasteiger partial charge in [-0.1, -0.05) is 11.6 Å². The van der Waals surface area contributed by atoms with Crippen molar-refractivity contribution >= 4 is 33.2 Å². The van der Waals surface area contributed by atoms with Gasteiger partial charge in [0.05, 0.1) is 35.7 Å². The molecule has 2 aliphatic rings. The zero-order chi connectivity index (χ0) is 20.1. The second-order valence-corrected chi connectivity index (χ2v) is 10.1. The van der Waals surface area contributed by atoms with Crippen LogP contribution in [0.2, 0.25) is 5.02 Å². The molecule has 1 aliphatic carbocycles. The number of hydrogen-bond acceptors (Lipinski definition) is 8. The molecule has 3 heterocycles. The fraction of sp³-hybridized carbons (Fsp3) is 0.500. The van der Waals surface area contributed by atoms with Crippen LogP contribution in [0, 0.1) is 0 Å². The van der Waals surface area contributed by atoms with Crippen LogP contribution in [0.15, 0.2) is 18.3 Å². The predicted octanol–water partition coefficient (Wildman–Crippen LogP) is 2.03. The van der Waals surface area contributed by atoms with Gasteiger partial charge in [0, 0.05) is 24.6 Å². The molecule has 2 aromatic heterocycles. The van der Waals surface area contributed by atoms with E-state index >= 15 is 0 Å². The number of rotatable bonds is 4. The molecular formula is C18H22ClN5O3S. The number of sulfone groups is 1. The van der Waals surface area contributed by atoms with Gasteiger partial charge in [-0.2, -0.15) is 0 Å². The Balaban J connectivity index is 1.89. The molecule has 10 heteroatoms. The third-order valence-corrected chi connectivity index (χ3v) is 7.72. The molecule has 2 fully saturated rings. The maximum Gasteiger partial charge on any atom is 0.226 e. The molecule has 0 radical (unpaired) electrons. The number of nitrogen functional groups attached to an aromatic ring is 1. The Kier molecular flexibility index (Phi) is 4.71. The van der Waals surface area contributed by atoms with Crippen molar-refractivity contribution in [3.8, 4) is 11.3 Å². The minimum Gasteiger partial charge on any atom is -0.384 e. The molecular weight excluding hydrogens is 402 g/mol. The van der Waals surface area contributed by atoms with Gasteiger partial charge in [0.1, 0.15) is 10.6 Å². The first-order chi connectivity index (χ1) is 13.2. The first-order valence-electron chi connectivity index (χ1n) is 9.06. The topological polar surface area (TPSA) is 111 Å². The lowest BCUT2D eigenvalue weighted by molar-refractivity contribution is 0.0980. The van der Waals surface area contributed by atoms with Crippen LogP contribution >= 0.6 is 11.6 Å². The number of halogens is 1. The number of hydrogen-bond donors (Lipinski definition) is 1. The van der Waals surface area contributed by atoms with Gasteiger partial charge in [-0.15, -0.1) is 0 Å². The number of morpholine rings is 1. The summed E-state index contributed by atoms with van der Waals surface area (Å²) < 4.78 is 29.5. The Morgan fingerprint density at radius 3 is 2.68 bits per heavy atom. The smallest absolute Gasteiger partial charge is 0.226 e. The Bertz CT molecular complexity index is 1030. The molecule has 4 rings (SSSR count). The summed E-state index contributed by atoms with van der Waals surface area (Å²) in [5.41, 5.74) is 7.33. The average molecular weight is 424 g/mol. The van der Waals surface area contributed by atoms with Gasteiger partial charge in [0.2, 0.25) is 5.95 Å². The maximum atomic E-state index is 12.5. The molecule has 2 N–H and O–H groups in total. The van der Waals surface area contributed by atoms with Gasteiger partial charge in [-0.3, -0.25) is 0 Å². The number of ether oxygens (including phenoxy) is 1. The summed E-state index contributed by atoms with van der Waals surface area (Å²) in [5, 5.41) is 0.405. The van der Waals surface area contributed by atoms with Gasteiger partial charge < -0.3 is 15.4 Å². The van der Waals surface area contributed by atoms with Crippen LogP contribution in [0.1, 0.15) is 25.5 Å². The summed E-state index contributed by atoms with van der Waals surface area (Å²) >= 11 is 6.37. The van der Waals surface area contributed by atoms with E-state index in [2.05, 4.69) is 9.97 Å². The highest BCUT2D eigenvalue weighted by Gasteiger charge is 2.55. The summed E-state index contributed by atoms with van der Waals surface area (Å²) in [5.74, 6) is 0.783. The fourth-order valence-electron chi connectivity index (χ4n) is 3.52. The van der Waals surface area contributed by atoms with Crippen LogP contribution in [0.4, 0.5) is 11.8 Å². The molecule has 150 valence electrons. The SMILES string of the molecule is C[C@H]1COCCN1c1nc(-c2cnc(N)cc2Cl)cc(C2(S(C)(=O)=O)CC2)n1. The molecule has 2 aromatic rings. The molecule has 28 heavy (non-hydrogen) atoms. The molecule has 1 saturated heterocycles. The standard InChI is InChI=1S/C18H22ClN5O3S/c1-11-10-27-6-5-24(11)17-22-14(12-9-21-16(20)7-13(12)19)8-15(23-17)18(3-4-18)28(2,25)26/h7-9,11H,3-6,10H2,1-2H3,(H2,20,21)/t11-/m0/s1. The van der Waals surface area contributed by atoms with Crippen molar-refractivity contribution in [3.63, 3.8) is 0 Å². The van der Waals surface area contributed by atoms with Crippen molar-refractivity contribution in [1.29, 1.82) is 0 Å². The molecule has 1 saturated carbocycles. The third kappa shape index (κ3) is 3.31. The zero-order valence-electron chi connectivity index (χ0n) is 15.7. The molecule has 1 aliphatic heterocycles. The molecule has 8 nitrogen and oxygen atoms in total. The summed E-state index contributed by atoms with van der Waals surface area (Å²) in [6, 6.07) is 3.34. The summed E-state index contributed by atoms with van der Waals surface area (Å²) in [4.78, 5) is 15.5. The third-order valence-electron chi connectivity index (χ3n) is 5.37. The van der Waals surface area contributed by atoms with Crippen LogP contribution in [-0.4, -0.2) is 55.4 Å². The first-order valence-corrected chi connectivity index (χ1v) is 11.3. The van der Waals surface area contributed by atoms with E-state index in [1.807, 2.05) is 11.8 Å². The van der Waals surface area contributed by atoms with Crippen LogP contribution < -0.4 is 10.6 Å². The number of anilines is 2. The van der Waals surface area contributed by atoms with E-state index < -0.39 is 14.6 Å². The fourth-order valence-corrected chi connectivity index (χ4v) is 5.11. The molecule has 0 unspecified atom stereocenters. The van der Waals surface area contributed by atoms with E-state index in [-0.39, 0.29) is 6.04 Å². The van der Waals surface area contributed by atoms with Gasteiger partial charge >= 0.3 is 0 Å². The van der Waals surface area contributed by atoms with Crippen LogP contribution in [0.5, 0.6) is 0 Å². The normalized spacial score (nSPS) is 21.5. The highest BCUT2D eigenvalue weighted by molar-refractivity contribution is 7.91. The minimum absolute atomic E-state index is 0.0743. The van der Waals surface area contributed by atoms with Gasteiger partial charge in [0.15, 0.2) is 9.84 Å². The number of pyridine rings is 1. The number of nitrogens with zero attached hydrogens (tertiary/aromatic N) is 4. The van der Waals surface area contributed by atoms with Crippen molar-refractivity contribution in [2.45, 2.75) is 30.6 Å². The van der Waals surface area contributed by atoms with E-state index in [4.69, 9.17) is 27.1 Å². The highest BCUT2D eigenvalue weighted by Crippen LogP contribution is 2.52. The van der Waals surface area contributed by atoms with Gasteiger partial charge in [-0.05, 0) is 31.9 Å². The van der Waals surface area contributed by atoms with Gasteiger partial charge in [0.25, 0.3) is 0 Å². The Morgan fingerprint density at radius 1 is 1.32 bits per heavy atom. The van der Waals surface area contributed by atoms with E-state index in [9.17, 15) is 8.42 Å². The van der Waals surface area contributed by atoms with Crippen molar-refractivity contribution in [2.24, 2.45) is 0 Å². The molecule has 0 spiro atoms. The van der Waals surface area contributed by atoms with E-state index in [0.29, 0.717) is 66.3 Å². The summed E-state index contributed by atoms with van der Waals surface area (Å²) in [6.07, 6.45) is 3.91. The van der Waals surface area contributed by atoms with Gasteiger partial charge in [-0.25, -0.2) is 23.4 Å². The van der Waals surface area contributed by atoms with Crippen molar-refractivity contribution in [3.05, 3.63) is 29.0 Å². The average Bonchev–Trinajstić information content (AvgIpc) is 3.43. The zero-order valence-corrected chi connectivity index (χ0v) is 17.3. The van der Waals surface area contributed by atoms with Crippen molar-refractivity contribution in [1.82, 2.24) is 15.0 Å². The quantitative estimate of drug-likeness (QED) is 0.795. The molecule has 0 amide bonds. The maximum absolute atomic E-state index is 12.5. The summed E-state index contributed by atoms with van der Waals surface area (Å²) in [7, 11) is -3.32. The predicted molar refractivity (Wildman–Crippen MR) is 108 cm³/mol. The largest absolute Gasteiger partial charge is 0.384 e. The van der Waals surface area contributed by atoms with Crippen LogP contribution in [0.25, 0.3) is 11.3 Å². The van der Waals surface area contributed by atoms with Crippen LogP contribution in [-0.2, 0) is 19.3 Å². The Morgan fingerprint density at radius 2 is 2.07 bits per heavy atom. The molecule has 0 aromatic carbocycles. The molecule has 0 bridgehead atoms. The number of aromatic nitrogens is 3. The Labute approximate surface area is 169 Å². The summed E-state index contributed by atoms with van der Waals surface area (Å²) in [6.45, 7) is 3.78. The van der Waals surface area contributed by atoms with Crippen molar-refractivity contribution < 1.29 is 13.2 Å². The van der Waals surface area contributed by atoms with E-state index in [0.717, 1.165) is 0 Å². The Hall–Kier alpha value is -1.97. The second-order valence-electron chi connectivity index (χ2n) is 7.41. The van der Waals surface area contributed by atoms with E-state index in [1.54, 1.807) is 18.3 Å².